The molecule has 5 rings (SSSR count). The van der Waals surface area contributed by atoms with Crippen molar-refractivity contribution in [1.29, 1.82) is 0 Å². The first kappa shape index (κ1) is 17.2. The monoisotopic (exact) mass is 400 g/mol. The molecule has 0 atom stereocenters. The predicted molar refractivity (Wildman–Crippen MR) is 123 cm³/mol. The van der Waals surface area contributed by atoms with Crippen molar-refractivity contribution in [2.45, 2.75) is 0 Å². The summed E-state index contributed by atoms with van der Waals surface area (Å²) in [5, 5.41) is 2.45. The molecule has 1 aliphatic heterocycles. The number of aryl methyl sites for hydroxylation is 1. The molecule has 0 radical (unpaired) electrons. The molecule has 3 aromatic carbocycles. The number of para-hydroxylation sites is 2. The van der Waals surface area contributed by atoms with Crippen LogP contribution in [0.3, 0.4) is 0 Å². The van der Waals surface area contributed by atoms with Crippen molar-refractivity contribution in [3.8, 4) is 0 Å². The molecule has 3 nitrogen and oxygen atoms in total. The van der Waals surface area contributed by atoms with Gasteiger partial charge in [-0.1, -0.05) is 72.5 Å². The maximum absolute atomic E-state index is 12.9. The zero-order valence-electron chi connectivity index (χ0n) is 15.1. The predicted octanol–water partition coefficient (Wildman–Crippen LogP) is 5.74. The minimum Gasteiger partial charge on any atom is -0.344 e. The molecule has 0 aliphatic carbocycles. The van der Waals surface area contributed by atoms with Crippen LogP contribution in [0.15, 0.2) is 77.7 Å². The highest BCUT2D eigenvalue weighted by atomic mass is 32.2. The van der Waals surface area contributed by atoms with E-state index in [1.165, 1.54) is 28.1 Å². The molecule has 28 heavy (non-hydrogen) atoms. The van der Waals surface area contributed by atoms with Gasteiger partial charge in [0.1, 0.15) is 0 Å². The van der Waals surface area contributed by atoms with Crippen molar-refractivity contribution in [2.75, 3.05) is 4.90 Å². The lowest BCUT2D eigenvalue weighted by molar-refractivity contribution is -0.113. The molecule has 0 bridgehead atoms. The number of thioether (sulfide) groups is 1. The minimum absolute atomic E-state index is 0.0710. The fraction of sp³-hybridized carbons (Fsp3) is 0.0435. The van der Waals surface area contributed by atoms with Crippen molar-refractivity contribution in [1.82, 2.24) is 4.57 Å². The van der Waals surface area contributed by atoms with Gasteiger partial charge < -0.3 is 4.57 Å². The summed E-state index contributed by atoms with van der Waals surface area (Å²) in [4.78, 5) is 15.2. The number of hydrogen-bond donors (Lipinski definition) is 0. The third-order valence-electron chi connectivity index (χ3n) is 5.04. The van der Waals surface area contributed by atoms with Gasteiger partial charge in [0.25, 0.3) is 5.91 Å². The first-order valence-electron chi connectivity index (χ1n) is 8.94. The van der Waals surface area contributed by atoms with E-state index in [0.717, 1.165) is 16.8 Å². The van der Waals surface area contributed by atoms with Crippen LogP contribution in [0.5, 0.6) is 0 Å². The summed E-state index contributed by atoms with van der Waals surface area (Å²) in [6.45, 7) is 0. The number of nitrogens with zero attached hydrogens (tertiary/aromatic N) is 2. The summed E-state index contributed by atoms with van der Waals surface area (Å²) in [6, 6.07) is 24.2. The zero-order chi connectivity index (χ0) is 19.3. The van der Waals surface area contributed by atoms with Gasteiger partial charge in [0.2, 0.25) is 0 Å². The Labute approximate surface area is 172 Å². The van der Waals surface area contributed by atoms with Crippen LogP contribution < -0.4 is 4.90 Å². The lowest BCUT2D eigenvalue weighted by Gasteiger charge is -2.13. The number of hydrogen-bond acceptors (Lipinski definition) is 3. The number of anilines is 1. The highest BCUT2D eigenvalue weighted by Gasteiger charge is 2.33. The highest BCUT2D eigenvalue weighted by Crippen LogP contribution is 2.36. The summed E-state index contributed by atoms with van der Waals surface area (Å²) < 4.78 is 2.75. The highest BCUT2D eigenvalue weighted by molar-refractivity contribution is 8.27. The molecule has 5 heteroatoms. The zero-order valence-corrected chi connectivity index (χ0v) is 16.8. The maximum atomic E-state index is 12.9. The number of aromatic nitrogens is 1. The number of benzene rings is 3. The lowest BCUT2D eigenvalue weighted by atomic mass is 10.1. The van der Waals surface area contributed by atoms with Crippen LogP contribution in [0, 0.1) is 0 Å². The number of amides is 1. The van der Waals surface area contributed by atoms with Crippen molar-refractivity contribution in [3.63, 3.8) is 0 Å². The van der Waals surface area contributed by atoms with Gasteiger partial charge in [-0.15, -0.1) is 0 Å². The number of carbonyl (C=O) groups excluding carboxylic acids is 1. The molecule has 0 N–H and O–H groups in total. The van der Waals surface area contributed by atoms with Gasteiger partial charge in [-0.2, -0.15) is 0 Å². The van der Waals surface area contributed by atoms with Crippen LogP contribution in [0.25, 0.3) is 27.9 Å². The average molecular weight is 401 g/mol. The van der Waals surface area contributed by atoms with Crippen molar-refractivity contribution < 1.29 is 4.79 Å². The maximum Gasteiger partial charge on any atom is 0.270 e. The summed E-state index contributed by atoms with van der Waals surface area (Å²) in [5.74, 6) is -0.0710. The smallest absolute Gasteiger partial charge is 0.270 e. The van der Waals surface area contributed by atoms with E-state index in [1.807, 2.05) is 36.4 Å². The van der Waals surface area contributed by atoms with E-state index in [2.05, 4.69) is 54.1 Å². The molecule has 1 aromatic heterocycles. The standard InChI is InChI=1S/C23H16N2OS2/c1-24-19-10-6-5-9-17(19)18-12-11-15(13-20(18)24)14-21-22(26)25(23(27)28-21)16-7-3-2-4-8-16/h2-14H,1H3/b21-14-. The molecule has 0 unspecified atom stereocenters. The van der Waals surface area contributed by atoms with Gasteiger partial charge in [0.15, 0.2) is 4.32 Å². The Kier molecular flexibility index (Phi) is 4.07. The van der Waals surface area contributed by atoms with E-state index in [9.17, 15) is 4.79 Å². The van der Waals surface area contributed by atoms with Gasteiger partial charge in [-0.05, 0) is 35.9 Å². The largest absolute Gasteiger partial charge is 0.344 e. The Balaban J connectivity index is 1.57. The normalized spacial score (nSPS) is 16.0. The van der Waals surface area contributed by atoms with Gasteiger partial charge in [-0.25, -0.2) is 0 Å². The fourth-order valence-corrected chi connectivity index (χ4v) is 4.99. The third-order valence-corrected chi connectivity index (χ3v) is 6.35. The Bertz CT molecular complexity index is 1290. The molecular formula is C23H16N2OS2. The van der Waals surface area contributed by atoms with E-state index in [0.29, 0.717) is 9.23 Å². The third kappa shape index (κ3) is 2.66. The molecule has 1 fully saturated rings. The van der Waals surface area contributed by atoms with Crippen LogP contribution in [0.4, 0.5) is 5.69 Å². The molecule has 1 amide bonds. The average Bonchev–Trinajstić information content (AvgIpc) is 3.16. The van der Waals surface area contributed by atoms with E-state index in [-0.39, 0.29) is 5.91 Å². The van der Waals surface area contributed by atoms with E-state index < -0.39 is 0 Å². The SMILES string of the molecule is Cn1c2ccccc2c2ccc(/C=C3\SC(=S)N(c4ccccc4)C3=O)cc21. The van der Waals surface area contributed by atoms with Gasteiger partial charge in [0.05, 0.1) is 10.6 Å². The van der Waals surface area contributed by atoms with Crippen molar-refractivity contribution in [2.24, 2.45) is 7.05 Å². The fourth-order valence-electron chi connectivity index (χ4n) is 3.69. The number of carbonyl (C=O) groups is 1. The summed E-state index contributed by atoms with van der Waals surface area (Å²) in [6.07, 6.45) is 1.93. The molecule has 136 valence electrons. The molecule has 1 saturated heterocycles. The number of fused-ring (bicyclic) bond motifs is 3. The van der Waals surface area contributed by atoms with Gasteiger partial charge >= 0.3 is 0 Å². The summed E-state index contributed by atoms with van der Waals surface area (Å²) in [5.41, 5.74) is 4.14. The van der Waals surface area contributed by atoms with Crippen LogP contribution in [-0.2, 0) is 11.8 Å². The molecule has 2 heterocycles. The van der Waals surface area contributed by atoms with Crippen LogP contribution >= 0.6 is 24.0 Å². The Hall–Kier alpha value is -2.89. The lowest BCUT2D eigenvalue weighted by Crippen LogP contribution is -2.27. The van der Waals surface area contributed by atoms with Crippen molar-refractivity contribution >= 4 is 67.8 Å². The number of thiocarbonyl (C=S) groups is 1. The Morgan fingerprint density at radius 2 is 1.61 bits per heavy atom. The first-order chi connectivity index (χ1) is 13.6. The number of rotatable bonds is 2. The molecule has 4 aromatic rings. The molecule has 1 aliphatic rings. The first-order valence-corrected chi connectivity index (χ1v) is 10.2. The summed E-state index contributed by atoms with van der Waals surface area (Å²) >= 11 is 6.81. The summed E-state index contributed by atoms with van der Waals surface area (Å²) in [7, 11) is 2.07. The van der Waals surface area contributed by atoms with Crippen LogP contribution in [-0.4, -0.2) is 14.8 Å². The van der Waals surface area contributed by atoms with E-state index >= 15 is 0 Å². The molecule has 0 spiro atoms. The van der Waals surface area contributed by atoms with Crippen LogP contribution in [0.1, 0.15) is 5.56 Å². The van der Waals surface area contributed by atoms with Crippen LogP contribution in [0.2, 0.25) is 0 Å². The van der Waals surface area contributed by atoms with Gasteiger partial charge in [0, 0.05) is 28.9 Å². The van der Waals surface area contributed by atoms with Gasteiger partial charge in [-0.3, -0.25) is 9.69 Å². The van der Waals surface area contributed by atoms with E-state index in [1.54, 1.807) is 4.90 Å². The second-order valence-electron chi connectivity index (χ2n) is 6.71. The molecular weight excluding hydrogens is 384 g/mol. The van der Waals surface area contributed by atoms with Crippen molar-refractivity contribution in [3.05, 3.63) is 83.3 Å². The topological polar surface area (TPSA) is 25.2 Å². The second-order valence-corrected chi connectivity index (χ2v) is 8.38. The second kappa shape index (κ2) is 6.62. The Morgan fingerprint density at radius 1 is 0.893 bits per heavy atom. The quantitative estimate of drug-likeness (QED) is 0.317. The van der Waals surface area contributed by atoms with E-state index in [4.69, 9.17) is 12.2 Å². The minimum atomic E-state index is -0.0710. The molecule has 0 saturated carbocycles. The Morgan fingerprint density at radius 3 is 2.43 bits per heavy atom.